The fourth-order valence-electron chi connectivity index (χ4n) is 7.39. The number of hydrogen-bond acceptors (Lipinski definition) is 6. The Bertz CT molecular complexity index is 2110. The maximum atomic E-state index is 17.1. The average Bonchev–Trinajstić information content (AvgIpc) is 3.74. The molecule has 262 valence electrons. The predicted molar refractivity (Wildman–Crippen MR) is 193 cm³/mol. The van der Waals surface area contributed by atoms with E-state index < -0.39 is 37.9 Å². The van der Waals surface area contributed by atoms with Gasteiger partial charge in [-0.2, -0.15) is 5.26 Å². The van der Waals surface area contributed by atoms with Gasteiger partial charge in [0.1, 0.15) is 11.2 Å². The minimum Gasteiger partial charge on any atom is -0.465 e. The highest BCUT2D eigenvalue weighted by atomic mass is 35.5. The summed E-state index contributed by atoms with van der Waals surface area (Å²) in [5.41, 5.74) is 2.02. The zero-order valence-corrected chi connectivity index (χ0v) is 31.0. The van der Waals surface area contributed by atoms with Crippen LogP contribution in [0.4, 0.5) is 14.0 Å². The summed E-state index contributed by atoms with van der Waals surface area (Å²) in [5, 5.41) is 23.6. The number of pyridine rings is 1. The van der Waals surface area contributed by atoms with E-state index >= 15 is 4.39 Å². The van der Waals surface area contributed by atoms with E-state index in [9.17, 15) is 24.8 Å². The zero-order valence-electron chi connectivity index (χ0n) is 28.4. The lowest BCUT2D eigenvalue weighted by molar-refractivity contribution is 0.101. The van der Waals surface area contributed by atoms with Gasteiger partial charge in [-0.15, -0.1) is 0 Å². The van der Waals surface area contributed by atoms with Crippen LogP contribution in [0.5, 0.6) is 0 Å². The zero-order chi connectivity index (χ0) is 36.2. The first-order valence-electron chi connectivity index (χ1n) is 16.6. The number of carboxylic acid groups (broad SMARTS) is 1. The summed E-state index contributed by atoms with van der Waals surface area (Å²) in [6.45, 7) is 10.3. The highest BCUT2D eigenvalue weighted by Gasteiger charge is 2.56. The summed E-state index contributed by atoms with van der Waals surface area (Å²) in [6, 6.07) is 10.0. The quantitative estimate of drug-likeness (QED) is 0.122. The van der Waals surface area contributed by atoms with E-state index in [-0.39, 0.29) is 64.3 Å². The largest absolute Gasteiger partial charge is 0.465 e. The number of ether oxygens (including phenoxy) is 1. The Morgan fingerprint density at radius 2 is 1.96 bits per heavy atom. The average molecular weight is 739 g/mol. The smallest absolute Gasteiger partial charge is 0.407 e. The monoisotopic (exact) mass is 737 g/mol. The molecule has 2 saturated heterocycles. The van der Waals surface area contributed by atoms with Crippen LogP contribution in [0.3, 0.4) is 0 Å². The van der Waals surface area contributed by atoms with Gasteiger partial charge < -0.3 is 24.6 Å². The molecule has 1 aliphatic carbocycles. The van der Waals surface area contributed by atoms with Gasteiger partial charge in [0.2, 0.25) is 0 Å². The summed E-state index contributed by atoms with van der Waals surface area (Å²) >= 11 is 12.9. The van der Waals surface area contributed by atoms with Crippen LogP contribution < -0.4 is 5.32 Å². The van der Waals surface area contributed by atoms with Crippen LogP contribution in [0.2, 0.25) is 35.7 Å². The molecule has 2 N–H and O–H groups in total. The number of carbonyl (C=O) groups excluding carboxylic acids is 2. The molecule has 1 saturated carbocycles. The Hall–Kier alpha value is -4.18. The number of alkyl carbamates (subject to hydrolysis) is 1. The summed E-state index contributed by atoms with van der Waals surface area (Å²) in [7, 11) is -1.45. The number of rotatable bonds is 10. The highest BCUT2D eigenvalue weighted by molar-refractivity contribution is 6.76. The van der Waals surface area contributed by atoms with E-state index in [0.717, 1.165) is 6.04 Å². The van der Waals surface area contributed by atoms with E-state index in [1.807, 2.05) is 4.57 Å². The number of Topliss-reactive ketones (excluding diaryl/α,β-unsaturated/α-hetero) is 1. The molecule has 14 heteroatoms. The van der Waals surface area contributed by atoms with Crippen molar-refractivity contribution < 1.29 is 28.6 Å². The Morgan fingerprint density at radius 1 is 1.22 bits per heavy atom. The number of nitriles is 1. The van der Waals surface area contributed by atoms with Gasteiger partial charge in [-0.3, -0.25) is 4.79 Å². The number of halogens is 3. The fourth-order valence-corrected chi connectivity index (χ4v) is 8.50. The van der Waals surface area contributed by atoms with E-state index in [1.54, 1.807) is 37.3 Å². The first kappa shape index (κ1) is 35.6. The minimum atomic E-state index is -1.45. The van der Waals surface area contributed by atoms with Gasteiger partial charge in [0.25, 0.3) is 0 Å². The third-order valence-corrected chi connectivity index (χ3v) is 12.4. The summed E-state index contributed by atoms with van der Waals surface area (Å²) < 4.78 is 24.6. The van der Waals surface area contributed by atoms with Gasteiger partial charge in [-0.1, -0.05) is 55.0 Å². The van der Waals surface area contributed by atoms with Gasteiger partial charge >= 0.3 is 12.2 Å². The number of nitrogens with zero attached hydrogens (tertiary/aromatic N) is 4. The molecule has 2 aromatic carbocycles. The topological polar surface area (TPSA) is 138 Å². The number of aromatic nitrogens is 2. The molecule has 1 unspecified atom stereocenters. The predicted octanol–water partition coefficient (Wildman–Crippen LogP) is 9.01. The number of aryl methyl sites for hydroxylation is 1. The molecule has 4 heterocycles. The summed E-state index contributed by atoms with van der Waals surface area (Å²) in [6.07, 6.45) is -0.699. The van der Waals surface area contributed by atoms with E-state index in [0.29, 0.717) is 46.1 Å². The lowest BCUT2D eigenvalue weighted by Crippen LogP contribution is -2.43. The molecular weight excluding hydrogens is 700 g/mol. The van der Waals surface area contributed by atoms with Crippen molar-refractivity contribution in [2.24, 2.45) is 5.92 Å². The SMILES string of the molecule is CC(=O)c1nc2c(F)c(-c3cccc(Cl)c3Cl)c(CCC#N)cc2c2c1cc(C(C)NC(=O)OCC[Si](C)(C)C)n2[C@H]1[C@@H]2C[C@H]1N(C(=O)O)C2. The molecule has 3 aliphatic rings. The molecule has 2 bridgehead atoms. The van der Waals surface area contributed by atoms with Crippen molar-refractivity contribution in [2.45, 2.75) is 76.9 Å². The number of carbonyl (C=O) groups is 3. The molecule has 3 fully saturated rings. The second-order valence-corrected chi connectivity index (χ2v) is 20.8. The lowest BCUT2D eigenvalue weighted by Gasteiger charge is -2.39. The summed E-state index contributed by atoms with van der Waals surface area (Å²) in [4.78, 5) is 44.5. The van der Waals surface area contributed by atoms with Crippen LogP contribution in [-0.4, -0.2) is 64.8 Å². The lowest BCUT2D eigenvalue weighted by atomic mass is 9.79. The van der Waals surface area contributed by atoms with Crippen LogP contribution in [0.25, 0.3) is 32.9 Å². The Kier molecular flexibility index (Phi) is 9.63. The van der Waals surface area contributed by atoms with Crippen molar-refractivity contribution in [2.75, 3.05) is 13.2 Å². The third kappa shape index (κ3) is 6.31. The molecular formula is C36H38Cl2FN5O5Si. The molecule has 7 rings (SSSR count). The molecule has 10 nitrogen and oxygen atoms in total. The van der Waals surface area contributed by atoms with Gasteiger partial charge in [0, 0.05) is 61.5 Å². The molecule has 4 atom stereocenters. The molecule has 2 aromatic heterocycles. The highest BCUT2D eigenvalue weighted by Crippen LogP contribution is 2.53. The minimum absolute atomic E-state index is 0.0333. The van der Waals surface area contributed by atoms with Gasteiger partial charge in [-0.05, 0) is 49.6 Å². The number of hydrogen-bond donors (Lipinski definition) is 2. The molecule has 2 amide bonds. The van der Waals surface area contributed by atoms with Crippen LogP contribution in [0, 0.1) is 23.1 Å². The molecule has 0 radical (unpaired) electrons. The Labute approximate surface area is 300 Å². The number of amides is 2. The van der Waals surface area contributed by atoms with Crippen LogP contribution in [-0.2, 0) is 11.2 Å². The van der Waals surface area contributed by atoms with Crippen molar-refractivity contribution in [3.05, 3.63) is 63.1 Å². The molecule has 4 aromatic rings. The molecule has 0 spiro atoms. The maximum absolute atomic E-state index is 17.1. The number of benzene rings is 2. The Balaban J connectivity index is 1.61. The van der Waals surface area contributed by atoms with Crippen LogP contribution in [0.15, 0.2) is 30.3 Å². The second-order valence-electron chi connectivity index (χ2n) is 14.4. The van der Waals surface area contributed by atoms with Crippen molar-refractivity contribution in [3.8, 4) is 17.2 Å². The first-order valence-corrected chi connectivity index (χ1v) is 21.0. The van der Waals surface area contributed by atoms with E-state index in [1.165, 1.54) is 11.8 Å². The Morgan fingerprint density at radius 3 is 2.60 bits per heavy atom. The maximum Gasteiger partial charge on any atom is 0.407 e. The molecule has 2 aliphatic heterocycles. The molecule has 50 heavy (non-hydrogen) atoms. The normalized spacial score (nSPS) is 18.9. The number of nitrogens with one attached hydrogen (secondary N) is 1. The van der Waals surface area contributed by atoms with Gasteiger partial charge in [0.15, 0.2) is 11.6 Å². The van der Waals surface area contributed by atoms with Crippen molar-refractivity contribution >= 4 is 71.1 Å². The first-order chi connectivity index (χ1) is 23.6. The number of fused-ring (bicyclic) bond motifs is 4. The second kappa shape index (κ2) is 13.5. The summed E-state index contributed by atoms with van der Waals surface area (Å²) in [5.74, 6) is -1.16. The fraction of sp³-hybridized carbons (Fsp3) is 0.417. The van der Waals surface area contributed by atoms with E-state index in [2.05, 4.69) is 36.0 Å². The van der Waals surface area contributed by atoms with Gasteiger partial charge in [0.05, 0.1) is 46.4 Å². The third-order valence-electron chi connectivity index (χ3n) is 9.84. The van der Waals surface area contributed by atoms with Crippen molar-refractivity contribution in [1.29, 1.82) is 5.26 Å². The van der Waals surface area contributed by atoms with Gasteiger partial charge in [-0.25, -0.2) is 19.0 Å². The van der Waals surface area contributed by atoms with Crippen molar-refractivity contribution in [3.63, 3.8) is 0 Å². The standard InChI is InChI=1S/C36H38Cl2FN5O5Si/c1-18(41-35(46)49-12-13-50(3,4)5)26-16-24-31(19(2)45)42-32-23(34(24)44(26)33-21-15-27(33)43(17-21)36(47)48)14-20(8-7-11-40)28(30(32)39)22-9-6-10-25(37)29(22)38/h6,9-10,14,16,18,21,27,33H,7-8,12-13,15,17H2,1-5H3,(H,41,46)(H,47,48)/t18?,21-,27-,33+/m1/s1. The van der Waals surface area contributed by atoms with E-state index in [4.69, 9.17) is 27.9 Å². The van der Waals surface area contributed by atoms with Crippen LogP contribution >= 0.6 is 23.2 Å². The number of ketones is 1. The van der Waals surface area contributed by atoms with Crippen molar-refractivity contribution in [1.82, 2.24) is 19.8 Å². The van der Waals surface area contributed by atoms with Crippen LogP contribution in [0.1, 0.15) is 60.5 Å².